The Kier molecular flexibility index (Phi) is 6.74. The van der Waals surface area contributed by atoms with Crippen molar-refractivity contribution in [3.63, 3.8) is 0 Å². The first-order valence-electron chi connectivity index (χ1n) is 13.2. The van der Waals surface area contributed by atoms with Crippen LogP contribution >= 0.6 is 0 Å². The second kappa shape index (κ2) is 10.4. The Labute approximate surface area is 234 Å². The van der Waals surface area contributed by atoms with Crippen molar-refractivity contribution in [3.05, 3.63) is 96.1 Å². The topological polar surface area (TPSA) is 70.7 Å². The number of fused-ring (bicyclic) bond motifs is 1. The third-order valence-corrected chi connectivity index (χ3v) is 7.39. The lowest BCUT2D eigenvalue weighted by Crippen LogP contribution is -2.44. The molecule has 0 aliphatic carbocycles. The van der Waals surface area contributed by atoms with Crippen molar-refractivity contribution >= 4 is 22.9 Å². The molecule has 0 radical (unpaired) electrons. The summed E-state index contributed by atoms with van der Waals surface area (Å²) >= 11 is 0. The van der Waals surface area contributed by atoms with Crippen LogP contribution in [0, 0.1) is 6.92 Å². The molecule has 2 aromatic carbocycles. The fraction of sp³-hybridized carbons (Fsp3) is 0.233. The molecule has 1 aliphatic heterocycles. The number of piperazine rings is 1. The van der Waals surface area contributed by atoms with Crippen LogP contribution in [-0.4, -0.2) is 63.2 Å². The smallest absolute Gasteiger partial charge is 0.369 e. The van der Waals surface area contributed by atoms with Crippen molar-refractivity contribution in [2.24, 2.45) is 0 Å². The predicted octanol–water partition coefficient (Wildman–Crippen LogP) is 5.52. The van der Waals surface area contributed by atoms with Crippen molar-refractivity contribution in [3.8, 4) is 16.9 Å². The monoisotopic (exact) mass is 559 g/mol. The van der Waals surface area contributed by atoms with Gasteiger partial charge in [0.15, 0.2) is 5.65 Å². The van der Waals surface area contributed by atoms with Gasteiger partial charge in [-0.15, -0.1) is 0 Å². The summed E-state index contributed by atoms with van der Waals surface area (Å²) in [5, 5.41) is 2.81. The molecular formula is C30H28F3N7O. The lowest BCUT2D eigenvalue weighted by Gasteiger charge is -2.34. The Bertz CT molecular complexity index is 1720. The molecule has 1 fully saturated rings. The molecule has 6 rings (SSSR count). The number of likely N-dealkylation sites (N-methyl/N-ethyl adjacent to an activating group) is 1. The number of pyridine rings is 1. The number of carbonyl (C=O) groups is 1. The fourth-order valence-corrected chi connectivity index (χ4v) is 5.09. The lowest BCUT2D eigenvalue weighted by atomic mass is 10.1. The van der Waals surface area contributed by atoms with E-state index < -0.39 is 17.6 Å². The third kappa shape index (κ3) is 5.28. The van der Waals surface area contributed by atoms with Gasteiger partial charge in [0.2, 0.25) is 0 Å². The number of nitrogens with zero attached hydrogens (tertiary/aromatic N) is 6. The number of benzene rings is 2. The molecule has 41 heavy (non-hydrogen) atoms. The summed E-state index contributed by atoms with van der Waals surface area (Å²) in [6.07, 6.45) is 2.54. The highest BCUT2D eigenvalue weighted by Crippen LogP contribution is 2.34. The molecule has 1 N–H and O–H groups in total. The minimum absolute atomic E-state index is 0.0484. The van der Waals surface area contributed by atoms with Gasteiger partial charge in [0.05, 0.1) is 23.1 Å². The third-order valence-electron chi connectivity index (χ3n) is 7.39. The van der Waals surface area contributed by atoms with E-state index in [9.17, 15) is 18.0 Å². The van der Waals surface area contributed by atoms with Crippen LogP contribution in [0.3, 0.4) is 0 Å². The van der Waals surface area contributed by atoms with Crippen LogP contribution < -0.4 is 10.2 Å². The second-order valence-corrected chi connectivity index (χ2v) is 10.2. The predicted molar refractivity (Wildman–Crippen MR) is 152 cm³/mol. The van der Waals surface area contributed by atoms with Crippen LogP contribution in [0.15, 0.2) is 79.4 Å². The molecule has 11 heteroatoms. The number of anilines is 2. The highest BCUT2D eigenvalue weighted by Gasteiger charge is 2.32. The van der Waals surface area contributed by atoms with E-state index in [2.05, 4.69) is 20.2 Å². The zero-order valence-electron chi connectivity index (χ0n) is 22.6. The number of hydrogen-bond donors (Lipinski definition) is 1. The van der Waals surface area contributed by atoms with E-state index in [1.165, 1.54) is 6.07 Å². The summed E-state index contributed by atoms with van der Waals surface area (Å²) in [5.74, 6) is -0.613. The quantitative estimate of drug-likeness (QED) is 0.307. The van der Waals surface area contributed by atoms with Crippen LogP contribution in [-0.2, 0) is 6.18 Å². The number of halogens is 3. The van der Waals surface area contributed by atoms with Crippen molar-refractivity contribution in [1.29, 1.82) is 0 Å². The van der Waals surface area contributed by atoms with Gasteiger partial charge in [-0.3, -0.25) is 14.5 Å². The summed E-state index contributed by atoms with van der Waals surface area (Å²) in [6.45, 7) is 4.58. The van der Waals surface area contributed by atoms with Crippen molar-refractivity contribution in [1.82, 2.24) is 24.1 Å². The molecule has 1 aliphatic rings. The summed E-state index contributed by atoms with van der Waals surface area (Å²) in [6, 6.07) is 14.6. The minimum atomic E-state index is -4.58. The van der Waals surface area contributed by atoms with Crippen molar-refractivity contribution in [2.75, 3.05) is 43.4 Å². The zero-order valence-corrected chi connectivity index (χ0v) is 22.6. The maximum atomic E-state index is 13.8. The van der Waals surface area contributed by atoms with E-state index in [1.807, 2.05) is 58.5 Å². The Morgan fingerprint density at radius 3 is 2.51 bits per heavy atom. The molecule has 8 nitrogen and oxygen atoms in total. The number of imidazole rings is 1. The number of carbonyl (C=O) groups excluding carboxylic acids is 1. The molecule has 3 aromatic heterocycles. The fourth-order valence-electron chi connectivity index (χ4n) is 5.09. The molecular weight excluding hydrogens is 531 g/mol. The number of rotatable bonds is 5. The SMILES string of the molecule is Cc1ccc(NC(=O)c2cc(N3CCN(C)CC3)cc(C(F)(F)F)c2)cc1-n1ccc2ncc(-c3cccnc3)n21. The molecule has 4 heterocycles. The van der Waals surface area contributed by atoms with Crippen molar-refractivity contribution in [2.45, 2.75) is 13.1 Å². The lowest BCUT2D eigenvalue weighted by molar-refractivity contribution is -0.137. The zero-order chi connectivity index (χ0) is 28.7. The van der Waals surface area contributed by atoms with Gasteiger partial charge in [0, 0.05) is 73.3 Å². The highest BCUT2D eigenvalue weighted by molar-refractivity contribution is 6.05. The molecule has 1 amide bonds. The molecule has 0 unspecified atom stereocenters. The van der Waals surface area contributed by atoms with Gasteiger partial charge < -0.3 is 15.1 Å². The standard InChI is InChI=1S/C30H28F3N7O/c1-20-5-6-24(17-26(20)39-9-7-28-35-19-27(40(28)39)21-4-3-8-34-18-21)36-29(41)22-14-23(30(31,32)33)16-25(15-22)38-12-10-37(2)11-13-38/h3-9,14-19H,10-13H2,1-2H3,(H,36,41). The number of hydrogen-bond acceptors (Lipinski definition) is 5. The van der Waals surface area contributed by atoms with E-state index in [1.54, 1.807) is 30.7 Å². The van der Waals surface area contributed by atoms with Crippen LogP contribution in [0.1, 0.15) is 21.5 Å². The molecule has 0 bridgehead atoms. The van der Waals surface area contributed by atoms with Gasteiger partial charge in [-0.2, -0.15) is 13.2 Å². The minimum Gasteiger partial charge on any atom is -0.369 e. The van der Waals surface area contributed by atoms with Gasteiger partial charge in [0.1, 0.15) is 0 Å². The van der Waals surface area contributed by atoms with E-state index in [4.69, 9.17) is 0 Å². The number of aromatic nitrogens is 4. The average molecular weight is 560 g/mol. The maximum absolute atomic E-state index is 13.8. The number of alkyl halides is 3. The van der Waals surface area contributed by atoms with E-state index in [0.29, 0.717) is 24.5 Å². The summed E-state index contributed by atoms with van der Waals surface area (Å²) < 4.78 is 45.3. The van der Waals surface area contributed by atoms with Gasteiger partial charge >= 0.3 is 6.18 Å². The normalized spacial score (nSPS) is 14.5. The molecule has 210 valence electrons. The van der Waals surface area contributed by atoms with E-state index >= 15 is 0 Å². The Morgan fingerprint density at radius 1 is 0.976 bits per heavy atom. The Balaban J connectivity index is 1.33. The number of nitrogens with one attached hydrogen (secondary N) is 1. The summed E-state index contributed by atoms with van der Waals surface area (Å²) in [4.78, 5) is 26.1. The summed E-state index contributed by atoms with van der Waals surface area (Å²) in [5.41, 5.74) is 4.13. The first kappa shape index (κ1) is 26.6. The summed E-state index contributed by atoms with van der Waals surface area (Å²) in [7, 11) is 1.98. The van der Waals surface area contributed by atoms with Crippen LogP contribution in [0.5, 0.6) is 0 Å². The van der Waals surface area contributed by atoms with Crippen LogP contribution in [0.25, 0.3) is 22.6 Å². The largest absolute Gasteiger partial charge is 0.416 e. The number of aryl methyl sites for hydroxylation is 1. The average Bonchev–Trinajstić information content (AvgIpc) is 3.57. The van der Waals surface area contributed by atoms with Gasteiger partial charge in [-0.25, -0.2) is 9.50 Å². The molecule has 0 spiro atoms. The Hall–Kier alpha value is -4.64. The van der Waals surface area contributed by atoms with Gasteiger partial charge in [0.25, 0.3) is 5.91 Å². The maximum Gasteiger partial charge on any atom is 0.416 e. The van der Waals surface area contributed by atoms with Gasteiger partial charge in [-0.05, 0) is 62.0 Å². The molecule has 1 saturated heterocycles. The first-order valence-corrected chi connectivity index (χ1v) is 13.2. The number of amides is 1. The van der Waals surface area contributed by atoms with Crippen molar-refractivity contribution < 1.29 is 18.0 Å². The second-order valence-electron chi connectivity index (χ2n) is 10.2. The van der Waals surface area contributed by atoms with E-state index in [0.717, 1.165) is 53.4 Å². The molecule has 5 aromatic rings. The first-order chi connectivity index (χ1) is 19.7. The van der Waals surface area contributed by atoms with Crippen LogP contribution in [0.2, 0.25) is 0 Å². The van der Waals surface area contributed by atoms with Crippen LogP contribution in [0.4, 0.5) is 24.5 Å². The Morgan fingerprint density at radius 2 is 1.78 bits per heavy atom. The highest BCUT2D eigenvalue weighted by atomic mass is 19.4. The van der Waals surface area contributed by atoms with E-state index in [-0.39, 0.29) is 5.56 Å². The van der Waals surface area contributed by atoms with Gasteiger partial charge in [-0.1, -0.05) is 6.07 Å². The molecule has 0 atom stereocenters. The molecule has 0 saturated carbocycles.